The lowest BCUT2D eigenvalue weighted by atomic mass is 9.96. The first-order valence-corrected chi connectivity index (χ1v) is 9.89. The lowest BCUT2D eigenvalue weighted by Gasteiger charge is -2.18. The van der Waals surface area contributed by atoms with Gasteiger partial charge in [0, 0.05) is 30.0 Å². The number of hydrogen-bond acceptors (Lipinski definition) is 3. The molecule has 0 unspecified atom stereocenters. The summed E-state index contributed by atoms with van der Waals surface area (Å²) in [5.74, 6) is 0. The van der Waals surface area contributed by atoms with Crippen molar-refractivity contribution in [3.05, 3.63) is 63.7 Å². The van der Waals surface area contributed by atoms with E-state index in [-0.39, 0.29) is 0 Å². The molecule has 1 N–H and O–H groups in total. The van der Waals surface area contributed by atoms with Crippen molar-refractivity contribution in [3.8, 4) is 5.69 Å². The number of nitrogens with zero attached hydrogens (tertiary/aromatic N) is 4. The standard InChI is InChI=1S/C22H29N5/c1-15-9-5-8-12-22(15)27-17(3)19(16(2)25-27)13-26(4)14-21-18-10-6-7-11-20(18)23-24-21/h5,8-9,12H,6-7,10-11,13-14H2,1-4H3,(H,23,24). The van der Waals surface area contributed by atoms with Crippen molar-refractivity contribution in [2.45, 2.75) is 59.5 Å². The van der Waals surface area contributed by atoms with Gasteiger partial charge in [-0.3, -0.25) is 10.00 Å². The molecule has 3 aromatic rings. The third-order valence-electron chi connectivity index (χ3n) is 5.77. The van der Waals surface area contributed by atoms with Gasteiger partial charge in [0.25, 0.3) is 0 Å². The van der Waals surface area contributed by atoms with Gasteiger partial charge >= 0.3 is 0 Å². The van der Waals surface area contributed by atoms with Crippen LogP contribution in [0.4, 0.5) is 0 Å². The van der Waals surface area contributed by atoms with Gasteiger partial charge in [0.05, 0.1) is 17.1 Å². The molecule has 1 aliphatic rings. The van der Waals surface area contributed by atoms with Crippen molar-refractivity contribution in [1.29, 1.82) is 0 Å². The van der Waals surface area contributed by atoms with Gasteiger partial charge in [-0.05, 0) is 70.7 Å². The summed E-state index contributed by atoms with van der Waals surface area (Å²) >= 11 is 0. The molecule has 0 atom stereocenters. The fourth-order valence-corrected chi connectivity index (χ4v) is 4.20. The van der Waals surface area contributed by atoms with Gasteiger partial charge in [0.1, 0.15) is 0 Å². The molecule has 2 aromatic heterocycles. The summed E-state index contributed by atoms with van der Waals surface area (Å²) in [7, 11) is 2.17. The second kappa shape index (κ2) is 7.31. The Kier molecular flexibility index (Phi) is 4.87. The third-order valence-corrected chi connectivity index (χ3v) is 5.77. The van der Waals surface area contributed by atoms with Crippen LogP contribution in [0.5, 0.6) is 0 Å². The van der Waals surface area contributed by atoms with Crippen LogP contribution >= 0.6 is 0 Å². The lowest BCUT2D eigenvalue weighted by molar-refractivity contribution is 0.312. The SMILES string of the molecule is Cc1ccccc1-n1nc(C)c(CN(C)Cc2n[nH]c3c2CCCC3)c1C. The summed E-state index contributed by atoms with van der Waals surface area (Å²) in [6, 6.07) is 8.42. The maximum absolute atomic E-state index is 4.83. The Labute approximate surface area is 161 Å². The minimum Gasteiger partial charge on any atom is -0.296 e. The van der Waals surface area contributed by atoms with Crippen LogP contribution in [-0.2, 0) is 25.9 Å². The summed E-state index contributed by atoms with van der Waals surface area (Å²) in [5.41, 5.74) is 10.1. The van der Waals surface area contributed by atoms with Gasteiger partial charge in [-0.2, -0.15) is 10.2 Å². The number of benzene rings is 1. The van der Waals surface area contributed by atoms with Crippen LogP contribution in [0, 0.1) is 20.8 Å². The van der Waals surface area contributed by atoms with E-state index >= 15 is 0 Å². The molecule has 5 heteroatoms. The van der Waals surface area contributed by atoms with E-state index in [0.717, 1.165) is 37.3 Å². The van der Waals surface area contributed by atoms with E-state index in [2.05, 4.69) is 71.9 Å². The minimum atomic E-state index is 0.875. The Morgan fingerprint density at radius 2 is 1.85 bits per heavy atom. The van der Waals surface area contributed by atoms with Gasteiger partial charge < -0.3 is 0 Å². The summed E-state index contributed by atoms with van der Waals surface area (Å²) in [4.78, 5) is 2.35. The molecule has 1 aromatic carbocycles. The molecule has 0 amide bonds. The van der Waals surface area contributed by atoms with Crippen molar-refractivity contribution >= 4 is 0 Å². The Balaban J connectivity index is 1.54. The minimum absolute atomic E-state index is 0.875. The molecule has 0 aliphatic heterocycles. The average molecular weight is 364 g/mol. The first kappa shape index (κ1) is 18.0. The van der Waals surface area contributed by atoms with Gasteiger partial charge in [-0.25, -0.2) is 4.68 Å². The van der Waals surface area contributed by atoms with Crippen molar-refractivity contribution in [1.82, 2.24) is 24.9 Å². The lowest BCUT2D eigenvalue weighted by Crippen LogP contribution is -2.19. The summed E-state index contributed by atoms with van der Waals surface area (Å²) < 4.78 is 2.09. The zero-order valence-corrected chi connectivity index (χ0v) is 16.8. The molecule has 4 rings (SSSR count). The quantitative estimate of drug-likeness (QED) is 0.744. The molecule has 2 heterocycles. The molecule has 5 nitrogen and oxygen atoms in total. The number of rotatable bonds is 5. The largest absolute Gasteiger partial charge is 0.296 e. The maximum atomic E-state index is 4.83. The fraction of sp³-hybridized carbons (Fsp3) is 0.455. The van der Waals surface area contributed by atoms with E-state index in [0.29, 0.717) is 0 Å². The van der Waals surface area contributed by atoms with Crippen LogP contribution in [0.3, 0.4) is 0 Å². The molecule has 0 saturated heterocycles. The maximum Gasteiger partial charge on any atom is 0.0797 e. The molecule has 0 fully saturated rings. The van der Waals surface area contributed by atoms with Gasteiger partial charge in [-0.15, -0.1) is 0 Å². The van der Waals surface area contributed by atoms with E-state index in [1.54, 1.807) is 0 Å². The predicted octanol–water partition coefficient (Wildman–Crippen LogP) is 4.03. The number of H-pyrrole nitrogens is 1. The van der Waals surface area contributed by atoms with Crippen LogP contribution in [-0.4, -0.2) is 31.9 Å². The van der Waals surface area contributed by atoms with Crippen molar-refractivity contribution in [2.75, 3.05) is 7.05 Å². The summed E-state index contributed by atoms with van der Waals surface area (Å²) in [5, 5.41) is 12.7. The normalized spacial score (nSPS) is 14.0. The van der Waals surface area contributed by atoms with Crippen LogP contribution in [0.1, 0.15) is 52.3 Å². The van der Waals surface area contributed by atoms with Gasteiger partial charge in [-0.1, -0.05) is 18.2 Å². The topological polar surface area (TPSA) is 49.7 Å². The molecule has 0 bridgehead atoms. The van der Waals surface area contributed by atoms with Crippen LogP contribution in [0.25, 0.3) is 5.69 Å². The number of para-hydroxylation sites is 1. The summed E-state index contributed by atoms with van der Waals surface area (Å²) in [6.45, 7) is 8.18. The average Bonchev–Trinajstić information content (AvgIpc) is 3.18. The molecule has 0 saturated carbocycles. The Hall–Kier alpha value is -2.40. The van der Waals surface area contributed by atoms with Crippen LogP contribution in [0.15, 0.2) is 24.3 Å². The second-order valence-electron chi connectivity index (χ2n) is 7.85. The molecular formula is C22H29N5. The molecule has 0 spiro atoms. The monoisotopic (exact) mass is 363 g/mol. The zero-order chi connectivity index (χ0) is 19.0. The van der Waals surface area contributed by atoms with E-state index < -0.39 is 0 Å². The molecule has 1 aliphatic carbocycles. The highest BCUT2D eigenvalue weighted by atomic mass is 15.3. The van der Waals surface area contributed by atoms with Crippen LogP contribution < -0.4 is 0 Å². The summed E-state index contributed by atoms with van der Waals surface area (Å²) in [6.07, 6.45) is 4.87. The molecule has 0 radical (unpaired) electrons. The Morgan fingerprint density at radius 1 is 1.07 bits per heavy atom. The molecule has 142 valence electrons. The number of aryl methyl sites for hydroxylation is 3. The first-order valence-electron chi connectivity index (χ1n) is 9.89. The number of nitrogens with one attached hydrogen (secondary N) is 1. The highest BCUT2D eigenvalue weighted by Gasteiger charge is 2.20. The number of hydrogen-bond donors (Lipinski definition) is 1. The molecule has 27 heavy (non-hydrogen) atoms. The Bertz CT molecular complexity index is 950. The molecular weight excluding hydrogens is 334 g/mol. The van der Waals surface area contributed by atoms with E-state index in [1.807, 2.05) is 0 Å². The van der Waals surface area contributed by atoms with E-state index in [1.165, 1.54) is 46.6 Å². The van der Waals surface area contributed by atoms with E-state index in [4.69, 9.17) is 5.10 Å². The van der Waals surface area contributed by atoms with Crippen molar-refractivity contribution in [2.24, 2.45) is 0 Å². The highest BCUT2D eigenvalue weighted by molar-refractivity contribution is 5.42. The van der Waals surface area contributed by atoms with E-state index in [9.17, 15) is 0 Å². The van der Waals surface area contributed by atoms with Crippen LogP contribution in [0.2, 0.25) is 0 Å². The smallest absolute Gasteiger partial charge is 0.0797 e. The van der Waals surface area contributed by atoms with Gasteiger partial charge in [0.15, 0.2) is 0 Å². The van der Waals surface area contributed by atoms with Crippen molar-refractivity contribution in [3.63, 3.8) is 0 Å². The second-order valence-corrected chi connectivity index (χ2v) is 7.85. The Morgan fingerprint density at radius 3 is 2.67 bits per heavy atom. The van der Waals surface area contributed by atoms with Gasteiger partial charge in [0.2, 0.25) is 0 Å². The highest BCUT2D eigenvalue weighted by Crippen LogP contribution is 2.25. The number of aromatic amines is 1. The number of aromatic nitrogens is 4. The fourth-order valence-electron chi connectivity index (χ4n) is 4.20. The zero-order valence-electron chi connectivity index (χ0n) is 16.8. The van der Waals surface area contributed by atoms with Crippen molar-refractivity contribution < 1.29 is 0 Å². The predicted molar refractivity (Wildman–Crippen MR) is 108 cm³/mol. The third kappa shape index (κ3) is 3.44. The first-order chi connectivity index (χ1) is 13.0. The number of fused-ring (bicyclic) bond motifs is 1.